The summed E-state index contributed by atoms with van der Waals surface area (Å²) in [5, 5.41) is 17.9. The molecule has 0 unspecified atom stereocenters. The van der Waals surface area contributed by atoms with Gasteiger partial charge in [-0.2, -0.15) is 5.10 Å². The molecule has 0 aliphatic carbocycles. The summed E-state index contributed by atoms with van der Waals surface area (Å²) in [6, 6.07) is -0.337. The van der Waals surface area contributed by atoms with Gasteiger partial charge in [0.15, 0.2) is 0 Å². The number of nitrogens with one attached hydrogen (secondary N) is 2. The molecule has 0 aliphatic heterocycles. The number of aryl methyl sites for hydroxylation is 1. The first kappa shape index (κ1) is 11.5. The van der Waals surface area contributed by atoms with Crippen molar-refractivity contribution in [2.75, 3.05) is 11.9 Å². The highest BCUT2D eigenvalue weighted by molar-refractivity contribution is 5.89. The number of carbonyl (C=O) groups is 1. The van der Waals surface area contributed by atoms with Crippen molar-refractivity contribution in [3.05, 3.63) is 12.4 Å². The second kappa shape index (κ2) is 5.35. The van der Waals surface area contributed by atoms with Crippen LogP contribution in [0.3, 0.4) is 0 Å². The number of nitrogens with zero attached hydrogens (tertiary/aromatic N) is 2. The highest BCUT2D eigenvalue weighted by Gasteiger charge is 2.07. The van der Waals surface area contributed by atoms with Crippen LogP contribution in [-0.4, -0.2) is 33.6 Å². The van der Waals surface area contributed by atoms with E-state index in [0.717, 1.165) is 0 Å². The van der Waals surface area contributed by atoms with E-state index in [9.17, 15) is 4.79 Å². The molecule has 0 spiro atoms. The largest absolute Gasteiger partial charge is 0.396 e. The first-order valence-corrected chi connectivity index (χ1v) is 4.79. The van der Waals surface area contributed by atoms with E-state index in [1.165, 1.54) is 0 Å². The molecule has 1 rings (SSSR count). The standard InChI is InChI=1S/C9H16N4O2/c1-7(3-4-14)11-9(15)12-8-5-10-13(2)6-8/h5-7,14H,3-4H2,1-2H3,(H2,11,12,15)/t7-/m1/s1. The fraction of sp³-hybridized carbons (Fsp3) is 0.556. The van der Waals surface area contributed by atoms with Gasteiger partial charge in [-0.1, -0.05) is 0 Å². The Morgan fingerprint density at radius 3 is 3.00 bits per heavy atom. The van der Waals surface area contributed by atoms with E-state index in [1.54, 1.807) is 24.1 Å². The fourth-order valence-electron chi connectivity index (χ4n) is 1.14. The molecular formula is C9H16N4O2. The summed E-state index contributed by atoms with van der Waals surface area (Å²) in [5.41, 5.74) is 0.645. The van der Waals surface area contributed by atoms with Crippen molar-refractivity contribution in [3.8, 4) is 0 Å². The van der Waals surface area contributed by atoms with Crippen molar-refractivity contribution in [2.24, 2.45) is 7.05 Å². The lowest BCUT2D eigenvalue weighted by atomic mass is 10.2. The summed E-state index contributed by atoms with van der Waals surface area (Å²) < 4.78 is 1.60. The molecular weight excluding hydrogens is 196 g/mol. The average molecular weight is 212 g/mol. The Kier molecular flexibility index (Phi) is 4.11. The van der Waals surface area contributed by atoms with Gasteiger partial charge in [0.25, 0.3) is 0 Å². The van der Waals surface area contributed by atoms with Crippen LogP contribution in [0.5, 0.6) is 0 Å². The van der Waals surface area contributed by atoms with Gasteiger partial charge in [-0.15, -0.1) is 0 Å². The summed E-state index contributed by atoms with van der Waals surface area (Å²) >= 11 is 0. The molecule has 1 atom stereocenters. The maximum Gasteiger partial charge on any atom is 0.319 e. The molecule has 0 aliphatic rings. The number of aromatic nitrogens is 2. The number of urea groups is 1. The van der Waals surface area contributed by atoms with Crippen molar-refractivity contribution in [1.82, 2.24) is 15.1 Å². The van der Waals surface area contributed by atoms with Gasteiger partial charge in [0.2, 0.25) is 0 Å². The third-order valence-corrected chi connectivity index (χ3v) is 1.90. The summed E-state index contributed by atoms with van der Waals surface area (Å²) in [6.07, 6.45) is 3.81. The Balaban J connectivity index is 2.36. The van der Waals surface area contributed by atoms with Gasteiger partial charge in [0.1, 0.15) is 0 Å². The van der Waals surface area contributed by atoms with Gasteiger partial charge >= 0.3 is 6.03 Å². The van der Waals surface area contributed by atoms with E-state index in [1.807, 2.05) is 6.92 Å². The van der Waals surface area contributed by atoms with Crippen molar-refractivity contribution in [2.45, 2.75) is 19.4 Å². The van der Waals surface area contributed by atoms with Crippen LogP contribution in [0.4, 0.5) is 10.5 Å². The second-order valence-corrected chi connectivity index (χ2v) is 3.41. The second-order valence-electron chi connectivity index (χ2n) is 3.41. The lowest BCUT2D eigenvalue weighted by Gasteiger charge is -2.12. The van der Waals surface area contributed by atoms with Crippen LogP contribution < -0.4 is 10.6 Å². The van der Waals surface area contributed by atoms with Crippen LogP contribution in [-0.2, 0) is 7.05 Å². The van der Waals surface area contributed by atoms with Crippen LogP contribution in [0.15, 0.2) is 12.4 Å². The molecule has 0 saturated carbocycles. The molecule has 6 heteroatoms. The Bertz CT molecular complexity index is 324. The predicted molar refractivity (Wildman–Crippen MR) is 56.5 cm³/mol. The van der Waals surface area contributed by atoms with Gasteiger partial charge < -0.3 is 15.7 Å². The molecule has 1 aromatic rings. The number of aliphatic hydroxyl groups excluding tert-OH is 1. The van der Waals surface area contributed by atoms with E-state index in [2.05, 4.69) is 15.7 Å². The normalized spacial score (nSPS) is 12.2. The topological polar surface area (TPSA) is 79.2 Å². The quantitative estimate of drug-likeness (QED) is 0.672. The summed E-state index contributed by atoms with van der Waals surface area (Å²) in [5.74, 6) is 0. The molecule has 3 N–H and O–H groups in total. The smallest absolute Gasteiger partial charge is 0.319 e. The fourth-order valence-corrected chi connectivity index (χ4v) is 1.14. The Morgan fingerprint density at radius 2 is 2.47 bits per heavy atom. The van der Waals surface area contributed by atoms with Crippen molar-refractivity contribution >= 4 is 11.7 Å². The molecule has 1 aromatic heterocycles. The SMILES string of the molecule is C[C@H](CCO)NC(=O)Nc1cnn(C)c1. The molecule has 15 heavy (non-hydrogen) atoms. The lowest BCUT2D eigenvalue weighted by Crippen LogP contribution is -2.36. The molecule has 1 heterocycles. The summed E-state index contributed by atoms with van der Waals surface area (Å²) in [6.45, 7) is 1.90. The number of carbonyl (C=O) groups excluding carboxylic acids is 1. The minimum absolute atomic E-state index is 0.0494. The van der Waals surface area contributed by atoms with Gasteiger partial charge in [0.05, 0.1) is 11.9 Å². The number of hydrogen-bond acceptors (Lipinski definition) is 3. The van der Waals surface area contributed by atoms with Gasteiger partial charge in [-0.05, 0) is 13.3 Å². The van der Waals surface area contributed by atoms with Crippen molar-refractivity contribution in [1.29, 1.82) is 0 Å². The van der Waals surface area contributed by atoms with Gasteiger partial charge in [0, 0.05) is 25.9 Å². The number of anilines is 1. The van der Waals surface area contributed by atoms with Crippen LogP contribution in [0, 0.1) is 0 Å². The molecule has 2 amide bonds. The highest BCUT2D eigenvalue weighted by atomic mass is 16.3. The molecule has 0 radical (unpaired) electrons. The molecule has 0 bridgehead atoms. The van der Waals surface area contributed by atoms with E-state index in [-0.39, 0.29) is 18.7 Å². The van der Waals surface area contributed by atoms with Crippen molar-refractivity contribution in [3.63, 3.8) is 0 Å². The monoisotopic (exact) mass is 212 g/mol. The van der Waals surface area contributed by atoms with E-state index in [0.29, 0.717) is 12.1 Å². The lowest BCUT2D eigenvalue weighted by molar-refractivity contribution is 0.241. The molecule has 0 saturated heterocycles. The zero-order valence-electron chi connectivity index (χ0n) is 8.90. The van der Waals surface area contributed by atoms with Crippen LogP contribution in [0.1, 0.15) is 13.3 Å². The minimum atomic E-state index is -0.288. The van der Waals surface area contributed by atoms with Crippen LogP contribution in [0.2, 0.25) is 0 Å². The zero-order chi connectivity index (χ0) is 11.3. The Labute approximate surface area is 88.3 Å². The van der Waals surface area contributed by atoms with E-state index < -0.39 is 0 Å². The van der Waals surface area contributed by atoms with Gasteiger partial charge in [-0.3, -0.25) is 4.68 Å². The third kappa shape index (κ3) is 3.99. The number of amides is 2. The highest BCUT2D eigenvalue weighted by Crippen LogP contribution is 2.02. The summed E-state index contributed by atoms with van der Waals surface area (Å²) in [7, 11) is 1.78. The van der Waals surface area contributed by atoms with E-state index >= 15 is 0 Å². The molecule has 6 nitrogen and oxygen atoms in total. The first-order valence-electron chi connectivity index (χ1n) is 4.79. The van der Waals surface area contributed by atoms with Crippen LogP contribution in [0.25, 0.3) is 0 Å². The Hall–Kier alpha value is -1.56. The number of aliphatic hydroxyl groups is 1. The van der Waals surface area contributed by atoms with Gasteiger partial charge in [-0.25, -0.2) is 4.79 Å². The average Bonchev–Trinajstić information content (AvgIpc) is 2.51. The number of rotatable bonds is 4. The van der Waals surface area contributed by atoms with Crippen molar-refractivity contribution < 1.29 is 9.90 Å². The molecule has 84 valence electrons. The zero-order valence-corrected chi connectivity index (χ0v) is 8.90. The maximum absolute atomic E-state index is 11.4. The minimum Gasteiger partial charge on any atom is -0.396 e. The third-order valence-electron chi connectivity index (χ3n) is 1.90. The van der Waals surface area contributed by atoms with Crippen LogP contribution >= 0.6 is 0 Å². The van der Waals surface area contributed by atoms with E-state index in [4.69, 9.17) is 5.11 Å². The molecule has 0 fully saturated rings. The Morgan fingerprint density at radius 1 is 1.73 bits per heavy atom. The number of hydrogen-bond donors (Lipinski definition) is 3. The maximum atomic E-state index is 11.4. The predicted octanol–water partition coefficient (Wildman–Crippen LogP) is 0.312. The molecule has 0 aromatic carbocycles. The first-order chi connectivity index (χ1) is 7.11. The summed E-state index contributed by atoms with van der Waals surface area (Å²) in [4.78, 5) is 11.4.